The summed E-state index contributed by atoms with van der Waals surface area (Å²) in [5.41, 5.74) is -0.184. The van der Waals surface area contributed by atoms with Crippen LogP contribution >= 0.6 is 36.6 Å². The van der Waals surface area contributed by atoms with Crippen LogP contribution in [0.1, 0.15) is 26.7 Å². The molecular formula is C13H27Cl2N3O3S. The Kier molecular flexibility index (Phi) is 11.0. The molecule has 0 aliphatic carbocycles. The highest BCUT2D eigenvalue weighted by Gasteiger charge is 2.48. The minimum atomic E-state index is -0.876. The second-order valence-corrected chi connectivity index (χ2v) is 6.24. The first-order chi connectivity index (χ1) is 9.67. The van der Waals surface area contributed by atoms with Crippen LogP contribution in [0.4, 0.5) is 0 Å². The van der Waals surface area contributed by atoms with Crippen molar-refractivity contribution in [1.82, 2.24) is 10.6 Å². The fourth-order valence-electron chi connectivity index (χ4n) is 2.41. The van der Waals surface area contributed by atoms with E-state index >= 15 is 0 Å². The first-order valence-electron chi connectivity index (χ1n) is 7.37. The van der Waals surface area contributed by atoms with Crippen molar-refractivity contribution >= 4 is 41.7 Å². The fraction of sp³-hybridized carbons (Fsp3) is 0.923. The molecule has 22 heavy (non-hydrogen) atoms. The van der Waals surface area contributed by atoms with Gasteiger partial charge in [0.05, 0.1) is 6.04 Å². The smallest absolute Gasteiger partial charge is 0.159 e. The third kappa shape index (κ3) is 5.40. The van der Waals surface area contributed by atoms with E-state index in [-0.39, 0.29) is 42.4 Å². The quantitative estimate of drug-likeness (QED) is 0.512. The molecule has 0 saturated carbocycles. The number of ether oxygens (including phenoxy) is 1. The van der Waals surface area contributed by atoms with Crippen molar-refractivity contribution < 1.29 is 14.9 Å². The minimum absolute atomic E-state index is 0. The number of unbranched alkanes of at least 4 members (excludes halogenated alkanes) is 1. The van der Waals surface area contributed by atoms with E-state index in [0.717, 1.165) is 24.6 Å². The molecule has 0 unspecified atom stereocenters. The number of nitrogens with one attached hydrogen (secondary N) is 2. The van der Waals surface area contributed by atoms with Crippen molar-refractivity contribution in [3.05, 3.63) is 0 Å². The number of hydrogen-bond donors (Lipinski definition) is 4. The average molecular weight is 376 g/mol. The van der Waals surface area contributed by atoms with E-state index < -0.39 is 12.2 Å². The van der Waals surface area contributed by atoms with Gasteiger partial charge in [-0.25, -0.2) is 0 Å². The lowest BCUT2D eigenvalue weighted by Gasteiger charge is -2.39. The number of nitrogens with zero attached hydrogens (tertiary/aromatic N) is 1. The van der Waals surface area contributed by atoms with Crippen molar-refractivity contribution in [3.63, 3.8) is 0 Å². The molecule has 2 aliphatic rings. The molecule has 0 aromatic heterocycles. The SMILES string of the molecule is CCCCNC[C@H]1O[C@@H]2SC(=NCC)N[C@@H]2[C@@H](O)[C@@H]1O.Cl.Cl. The zero-order valence-electron chi connectivity index (χ0n) is 12.9. The Hall–Kier alpha value is 0.240. The maximum absolute atomic E-state index is 10.2. The van der Waals surface area contributed by atoms with Gasteiger partial charge < -0.3 is 25.6 Å². The lowest BCUT2D eigenvalue weighted by molar-refractivity contribution is -0.153. The van der Waals surface area contributed by atoms with Crippen LogP contribution in [-0.4, -0.2) is 64.8 Å². The molecule has 0 aromatic rings. The van der Waals surface area contributed by atoms with Crippen molar-refractivity contribution in [1.29, 1.82) is 0 Å². The number of aliphatic imine (C=N–C) groups is 1. The summed E-state index contributed by atoms with van der Waals surface area (Å²) in [5, 5.41) is 27.6. The zero-order chi connectivity index (χ0) is 14.5. The molecule has 0 radical (unpaired) electrons. The van der Waals surface area contributed by atoms with Crippen molar-refractivity contribution in [3.8, 4) is 0 Å². The first kappa shape index (κ1) is 22.2. The van der Waals surface area contributed by atoms with Crippen LogP contribution in [-0.2, 0) is 4.74 Å². The topological polar surface area (TPSA) is 86.1 Å². The van der Waals surface area contributed by atoms with E-state index in [9.17, 15) is 10.2 Å². The van der Waals surface area contributed by atoms with E-state index in [1.807, 2.05) is 6.92 Å². The Bertz CT molecular complexity index is 352. The van der Waals surface area contributed by atoms with Crippen LogP contribution in [0, 0.1) is 0 Å². The third-order valence-electron chi connectivity index (χ3n) is 3.57. The summed E-state index contributed by atoms with van der Waals surface area (Å²) in [6, 6.07) is -0.285. The Morgan fingerprint density at radius 1 is 1.27 bits per heavy atom. The molecule has 0 bridgehead atoms. The second kappa shape index (κ2) is 10.9. The number of amidine groups is 1. The van der Waals surface area contributed by atoms with Gasteiger partial charge in [-0.2, -0.15) is 0 Å². The number of rotatable bonds is 6. The predicted octanol–water partition coefficient (Wildman–Crippen LogP) is 0.747. The molecule has 2 saturated heterocycles. The summed E-state index contributed by atoms with van der Waals surface area (Å²) >= 11 is 1.49. The van der Waals surface area contributed by atoms with Crippen molar-refractivity contribution in [2.75, 3.05) is 19.6 Å². The van der Waals surface area contributed by atoms with Gasteiger partial charge in [0.25, 0.3) is 0 Å². The van der Waals surface area contributed by atoms with Gasteiger partial charge in [-0.15, -0.1) is 24.8 Å². The molecule has 132 valence electrons. The molecule has 2 heterocycles. The van der Waals surface area contributed by atoms with E-state index in [1.165, 1.54) is 11.8 Å². The summed E-state index contributed by atoms with van der Waals surface area (Å²) in [6.45, 7) is 6.25. The van der Waals surface area contributed by atoms with Gasteiger partial charge in [0.1, 0.15) is 23.7 Å². The second-order valence-electron chi connectivity index (χ2n) is 5.15. The summed E-state index contributed by atoms with van der Waals surface area (Å²) in [7, 11) is 0. The van der Waals surface area contributed by atoms with Crippen LogP contribution in [0.2, 0.25) is 0 Å². The molecule has 6 nitrogen and oxygen atoms in total. The average Bonchev–Trinajstić information content (AvgIpc) is 2.83. The highest BCUT2D eigenvalue weighted by atomic mass is 35.5. The number of halogens is 2. The number of thioether (sulfide) groups is 1. The summed E-state index contributed by atoms with van der Waals surface area (Å²) in [5.74, 6) is 0. The minimum Gasteiger partial charge on any atom is -0.388 e. The molecule has 0 spiro atoms. The van der Waals surface area contributed by atoms with Crippen LogP contribution in [0.3, 0.4) is 0 Å². The van der Waals surface area contributed by atoms with Crippen LogP contribution in [0.25, 0.3) is 0 Å². The Morgan fingerprint density at radius 3 is 2.64 bits per heavy atom. The van der Waals surface area contributed by atoms with Gasteiger partial charge in [-0.05, 0) is 19.9 Å². The molecule has 4 N–H and O–H groups in total. The van der Waals surface area contributed by atoms with Crippen molar-refractivity contribution in [2.24, 2.45) is 4.99 Å². The monoisotopic (exact) mass is 375 g/mol. The Labute approximate surface area is 148 Å². The van der Waals surface area contributed by atoms with Gasteiger partial charge in [-0.3, -0.25) is 4.99 Å². The third-order valence-corrected chi connectivity index (χ3v) is 4.68. The van der Waals surface area contributed by atoms with Gasteiger partial charge in [0.2, 0.25) is 0 Å². The molecule has 5 atom stereocenters. The zero-order valence-corrected chi connectivity index (χ0v) is 15.3. The van der Waals surface area contributed by atoms with Crippen LogP contribution in [0.5, 0.6) is 0 Å². The predicted molar refractivity (Wildman–Crippen MR) is 95.4 cm³/mol. The number of fused-ring (bicyclic) bond motifs is 1. The number of aliphatic hydroxyl groups is 2. The standard InChI is InChI=1S/C13H25N3O3S.2ClH/c1-3-5-6-14-7-8-10(17)11(18)9-12(19-8)20-13(16-9)15-4-2;;/h8-12,14,17-18H,3-7H2,1-2H3,(H,15,16);2*1H/t8-,9-,10-,11-,12-;;/m1../s1. The molecule has 0 amide bonds. The summed E-state index contributed by atoms with van der Waals surface area (Å²) in [4.78, 5) is 4.30. The van der Waals surface area contributed by atoms with Crippen LogP contribution < -0.4 is 10.6 Å². The molecule has 9 heteroatoms. The van der Waals surface area contributed by atoms with Crippen molar-refractivity contribution in [2.45, 2.75) is 56.5 Å². The molecular weight excluding hydrogens is 349 g/mol. The number of aliphatic hydroxyl groups excluding tert-OH is 2. The van der Waals surface area contributed by atoms with Gasteiger partial charge >= 0.3 is 0 Å². The lowest BCUT2D eigenvalue weighted by Crippen LogP contribution is -2.60. The molecule has 2 fully saturated rings. The van der Waals surface area contributed by atoms with Crippen LogP contribution in [0.15, 0.2) is 4.99 Å². The van der Waals surface area contributed by atoms with E-state index in [2.05, 4.69) is 22.5 Å². The number of hydrogen-bond acceptors (Lipinski definition) is 6. The molecule has 2 rings (SSSR count). The van der Waals surface area contributed by atoms with E-state index in [1.54, 1.807) is 0 Å². The maximum atomic E-state index is 10.2. The Morgan fingerprint density at radius 2 is 2.00 bits per heavy atom. The largest absolute Gasteiger partial charge is 0.388 e. The Balaban J connectivity index is 0.00000220. The molecule has 2 aliphatic heterocycles. The van der Waals surface area contributed by atoms with Gasteiger partial charge in [0.15, 0.2) is 5.17 Å². The van der Waals surface area contributed by atoms with Gasteiger partial charge in [0, 0.05) is 13.1 Å². The van der Waals surface area contributed by atoms with E-state index in [4.69, 9.17) is 4.74 Å². The maximum Gasteiger partial charge on any atom is 0.159 e. The fourth-order valence-corrected chi connectivity index (χ4v) is 3.62. The highest BCUT2D eigenvalue weighted by Crippen LogP contribution is 2.33. The normalized spacial score (nSPS) is 35.3. The highest BCUT2D eigenvalue weighted by molar-refractivity contribution is 8.14. The van der Waals surface area contributed by atoms with E-state index in [0.29, 0.717) is 13.1 Å². The lowest BCUT2D eigenvalue weighted by atomic mass is 9.98. The van der Waals surface area contributed by atoms with Gasteiger partial charge in [-0.1, -0.05) is 25.1 Å². The summed E-state index contributed by atoms with van der Waals surface area (Å²) in [6.07, 6.45) is 0.146. The first-order valence-corrected chi connectivity index (χ1v) is 8.25. The summed E-state index contributed by atoms with van der Waals surface area (Å²) < 4.78 is 5.90. The molecule has 0 aromatic carbocycles.